The second-order valence-electron chi connectivity index (χ2n) is 18.1. The minimum Gasteiger partial charge on any atom is -0.394 e. The van der Waals surface area contributed by atoms with Crippen LogP contribution in [0.1, 0.15) is 85.5 Å². The maximum absolute atomic E-state index is 11.7. The summed E-state index contributed by atoms with van der Waals surface area (Å²) in [7, 11) is 0. The van der Waals surface area contributed by atoms with Gasteiger partial charge < -0.3 is 105 Å². The molecule has 0 radical (unpaired) electrons. The zero-order chi connectivity index (χ0) is 50.2. The molecule has 15 atom stereocenters. The summed E-state index contributed by atoms with van der Waals surface area (Å²) in [5.74, 6) is -1.31. The van der Waals surface area contributed by atoms with Crippen molar-refractivity contribution < 1.29 is 103 Å². The minimum atomic E-state index is -1.40. The van der Waals surface area contributed by atoms with E-state index in [1.165, 1.54) is 20.8 Å². The predicted octanol–water partition coefficient (Wildman–Crippen LogP) is -3.57. The molecule has 24 heteroatoms. The number of aliphatic hydroxyl groups is 9. The first-order valence-electron chi connectivity index (χ1n) is 23.7. The van der Waals surface area contributed by atoms with Gasteiger partial charge in [-0.05, 0) is 57.8 Å². The summed E-state index contributed by atoms with van der Waals surface area (Å²) in [5.41, 5.74) is -0.515. The number of aliphatic hydroxyl groups excluding tert-OH is 9. The number of rotatable bonds is 33. The molecular formula is C44H81N3O21. The second kappa shape index (κ2) is 31.9. The molecule has 398 valence electrons. The molecule has 3 aliphatic rings. The monoisotopic (exact) mass is 988 g/mol. The van der Waals surface area contributed by atoms with Crippen molar-refractivity contribution in [1.82, 2.24) is 16.0 Å². The molecule has 0 bridgehead atoms. The fourth-order valence-corrected chi connectivity index (χ4v) is 7.97. The molecule has 3 saturated heterocycles. The molecule has 3 amide bonds. The van der Waals surface area contributed by atoms with Crippen LogP contribution in [0.5, 0.6) is 0 Å². The lowest BCUT2D eigenvalue weighted by atomic mass is 9.94. The van der Waals surface area contributed by atoms with Crippen molar-refractivity contribution in [1.29, 1.82) is 0 Å². The van der Waals surface area contributed by atoms with Crippen molar-refractivity contribution in [2.24, 2.45) is 5.41 Å². The number of amides is 3. The number of nitrogens with one attached hydrogen (secondary N) is 3. The quantitative estimate of drug-likeness (QED) is 0.0283. The molecule has 0 aliphatic carbocycles. The SMILES string of the molecule is CC(=O)NC1C(O)[C@@H](O)C(CO)O[C@H]1OCCCCCOCC(C)(COCCCCCO[C@@H]1OC(CO)[C@H](O)C(O)C1NC(C)=O)COCCCCCO[C@@H]1OC(CO)[C@H](O)C(O)C1NC(C)=O. The number of ether oxygens (including phenoxy) is 9. The van der Waals surface area contributed by atoms with Gasteiger partial charge in [0.1, 0.15) is 73.1 Å². The molecule has 3 rings (SSSR count). The van der Waals surface area contributed by atoms with Crippen LogP contribution in [0.3, 0.4) is 0 Å². The van der Waals surface area contributed by atoms with Gasteiger partial charge in [-0.3, -0.25) is 14.4 Å². The van der Waals surface area contributed by atoms with Crippen molar-refractivity contribution in [3.63, 3.8) is 0 Å². The number of hydrogen-bond donors (Lipinski definition) is 12. The van der Waals surface area contributed by atoms with Gasteiger partial charge in [0.25, 0.3) is 0 Å². The number of carbonyl (C=O) groups excluding carboxylic acids is 3. The molecule has 3 fully saturated rings. The largest absolute Gasteiger partial charge is 0.394 e. The molecule has 12 N–H and O–H groups in total. The van der Waals surface area contributed by atoms with Crippen molar-refractivity contribution >= 4 is 17.7 Å². The zero-order valence-electron chi connectivity index (χ0n) is 39.9. The summed E-state index contributed by atoms with van der Waals surface area (Å²) >= 11 is 0. The van der Waals surface area contributed by atoms with Crippen LogP contribution < -0.4 is 16.0 Å². The van der Waals surface area contributed by atoms with Crippen LogP contribution in [0.2, 0.25) is 0 Å². The highest BCUT2D eigenvalue weighted by Crippen LogP contribution is 2.26. The molecule has 0 aromatic carbocycles. The van der Waals surface area contributed by atoms with Gasteiger partial charge in [-0.2, -0.15) is 0 Å². The Morgan fingerprint density at radius 1 is 0.426 bits per heavy atom. The van der Waals surface area contributed by atoms with Gasteiger partial charge in [-0.1, -0.05) is 6.92 Å². The van der Waals surface area contributed by atoms with Crippen LogP contribution in [0.4, 0.5) is 0 Å². The molecule has 0 saturated carbocycles. The third-order valence-electron chi connectivity index (χ3n) is 11.7. The molecule has 68 heavy (non-hydrogen) atoms. The predicted molar refractivity (Wildman–Crippen MR) is 236 cm³/mol. The maximum atomic E-state index is 11.7. The van der Waals surface area contributed by atoms with Crippen molar-refractivity contribution in [3.05, 3.63) is 0 Å². The van der Waals surface area contributed by atoms with Crippen molar-refractivity contribution in [2.45, 2.75) is 177 Å². The van der Waals surface area contributed by atoms with E-state index in [4.69, 9.17) is 42.6 Å². The Labute approximate surface area is 398 Å². The van der Waals surface area contributed by atoms with Crippen LogP contribution in [0.25, 0.3) is 0 Å². The fourth-order valence-electron chi connectivity index (χ4n) is 7.97. The lowest BCUT2D eigenvalue weighted by Gasteiger charge is -2.42. The van der Waals surface area contributed by atoms with Gasteiger partial charge in [-0.25, -0.2) is 0 Å². The van der Waals surface area contributed by atoms with E-state index < -0.39 is 135 Å². The first-order chi connectivity index (χ1) is 32.5. The van der Waals surface area contributed by atoms with Gasteiger partial charge in [0.2, 0.25) is 17.7 Å². The molecule has 0 spiro atoms. The van der Waals surface area contributed by atoms with E-state index in [2.05, 4.69) is 16.0 Å². The Morgan fingerprint density at radius 2 is 0.676 bits per heavy atom. The Bertz CT molecular complexity index is 1260. The summed E-state index contributed by atoms with van der Waals surface area (Å²) < 4.78 is 52.5. The first kappa shape index (κ1) is 60.0. The van der Waals surface area contributed by atoms with Crippen molar-refractivity contribution in [2.75, 3.05) is 79.3 Å². The lowest BCUT2D eigenvalue weighted by Crippen LogP contribution is -2.64. The minimum absolute atomic E-state index is 0.228. The van der Waals surface area contributed by atoms with Gasteiger partial charge >= 0.3 is 0 Å². The fraction of sp³-hybridized carbons (Fsp3) is 0.932. The number of unbranched alkanes of at least 4 members (excludes halogenated alkanes) is 6. The number of hydrogen-bond acceptors (Lipinski definition) is 21. The molecular weight excluding hydrogens is 906 g/mol. The average Bonchev–Trinajstić information content (AvgIpc) is 3.29. The summed E-state index contributed by atoms with van der Waals surface area (Å²) in [6.07, 6.45) is -8.70. The summed E-state index contributed by atoms with van der Waals surface area (Å²) in [6.45, 7) is 7.20. The zero-order valence-corrected chi connectivity index (χ0v) is 39.9. The van der Waals surface area contributed by atoms with Gasteiger partial charge in [-0.15, -0.1) is 0 Å². The van der Waals surface area contributed by atoms with Crippen LogP contribution in [-0.2, 0) is 57.0 Å². The van der Waals surface area contributed by atoms with E-state index in [9.17, 15) is 60.3 Å². The first-order valence-corrected chi connectivity index (χ1v) is 23.7. The Hall–Kier alpha value is -2.31. The molecule has 0 aromatic rings. The topological polar surface area (TPSA) is 352 Å². The Balaban J connectivity index is 1.42. The van der Waals surface area contributed by atoms with Crippen LogP contribution >= 0.6 is 0 Å². The second-order valence-corrected chi connectivity index (χ2v) is 18.1. The third-order valence-corrected chi connectivity index (χ3v) is 11.7. The van der Waals surface area contributed by atoms with Crippen molar-refractivity contribution in [3.8, 4) is 0 Å². The lowest BCUT2D eigenvalue weighted by molar-refractivity contribution is -0.270. The summed E-state index contributed by atoms with van der Waals surface area (Å²) in [6, 6.07) is -3.04. The van der Waals surface area contributed by atoms with Crippen LogP contribution in [-0.4, -0.2) is 235 Å². The third kappa shape index (κ3) is 20.1. The van der Waals surface area contributed by atoms with E-state index in [-0.39, 0.29) is 19.8 Å². The van der Waals surface area contributed by atoms with Gasteiger partial charge in [0, 0.05) is 65.8 Å². The standard InChI is InChI=1S/C44H81N3O21/c1-26(51)45-32-38(57)35(54)29(20-48)66-41(32)63-17-11-5-8-14-60-23-44(4,24-61-15-9-6-12-18-64-42-33(46-27(2)52)39(58)36(55)30(21-49)67-42)25-62-16-10-7-13-19-65-43-34(47-28(3)53)40(59)37(56)31(22-50)68-43/h29-43,48-50,54-59H,5-25H2,1-4H3,(H,45,51)(H,46,52)(H,47,53)/t29?,30?,31?,32?,33?,34?,35-,36-,37-,38?,39?,40?,41+,42+,43+,44?/m0/s1. The highest BCUT2D eigenvalue weighted by atomic mass is 16.7. The highest BCUT2D eigenvalue weighted by molar-refractivity contribution is 5.74. The van der Waals surface area contributed by atoms with E-state index in [1.807, 2.05) is 6.92 Å². The van der Waals surface area contributed by atoms with E-state index >= 15 is 0 Å². The Morgan fingerprint density at radius 3 is 0.912 bits per heavy atom. The smallest absolute Gasteiger partial charge is 0.217 e. The average molecular weight is 988 g/mol. The Kier molecular flexibility index (Phi) is 28.1. The molecule has 3 aliphatic heterocycles. The van der Waals surface area contributed by atoms with Crippen LogP contribution in [0, 0.1) is 5.41 Å². The molecule has 9 unspecified atom stereocenters. The number of carbonyl (C=O) groups is 3. The molecule has 3 heterocycles. The van der Waals surface area contributed by atoms with Gasteiger partial charge in [0.05, 0.1) is 39.6 Å². The van der Waals surface area contributed by atoms with Crippen LogP contribution in [0.15, 0.2) is 0 Å². The van der Waals surface area contributed by atoms with E-state index in [0.717, 1.165) is 19.3 Å². The molecule has 24 nitrogen and oxygen atoms in total. The summed E-state index contributed by atoms with van der Waals surface area (Å²) in [5, 5.41) is 98.4. The molecule has 0 aromatic heterocycles. The maximum Gasteiger partial charge on any atom is 0.217 e. The van der Waals surface area contributed by atoms with E-state index in [1.54, 1.807) is 0 Å². The van der Waals surface area contributed by atoms with Gasteiger partial charge in [0.15, 0.2) is 18.9 Å². The van der Waals surface area contributed by atoms with E-state index in [0.29, 0.717) is 78.2 Å². The normalized spacial score (nSPS) is 32.9. The summed E-state index contributed by atoms with van der Waals surface area (Å²) in [4.78, 5) is 35.1. The highest BCUT2D eigenvalue weighted by Gasteiger charge is 2.47.